The summed E-state index contributed by atoms with van der Waals surface area (Å²) in [6.07, 6.45) is 0. The smallest absolute Gasteiger partial charge is 0.822 e. The van der Waals surface area contributed by atoms with Gasteiger partial charge in [-0.2, -0.15) is 7.82 Å². The Bertz CT molecular complexity index is 124. The van der Waals surface area contributed by atoms with Crippen LogP contribution in [0.5, 0.6) is 0 Å². The first kappa shape index (κ1) is 17.7. The molecule has 11 heteroatoms. The molecule has 0 saturated carbocycles. The standard InChI is InChI=1S/Cr.2H3O4P/c;2*1-5(2,3)4/h;2*(H3,1,2,3,4)/q+3;;/p-3. The zero-order valence-electron chi connectivity index (χ0n) is 4.69. The van der Waals surface area contributed by atoms with Gasteiger partial charge in [0.1, 0.15) is 0 Å². The van der Waals surface area contributed by atoms with E-state index < -0.39 is 15.6 Å². The van der Waals surface area contributed by atoms with E-state index >= 15 is 0 Å². The van der Waals surface area contributed by atoms with Crippen molar-refractivity contribution in [3.8, 4) is 0 Å². The first-order valence-electron chi connectivity index (χ1n) is 1.51. The molecule has 0 aromatic heterocycles. The van der Waals surface area contributed by atoms with Crippen molar-refractivity contribution in [3.63, 3.8) is 0 Å². The van der Waals surface area contributed by atoms with Gasteiger partial charge in [0.15, 0.2) is 0 Å². The molecule has 67 valence electrons. The van der Waals surface area contributed by atoms with Gasteiger partial charge in [-0.3, -0.25) is 0 Å². The first-order valence-corrected chi connectivity index (χ1v) is 4.54. The third-order valence-electron chi connectivity index (χ3n) is 0. The fraction of sp³-hybridized carbons (Fsp3) is 0. The van der Waals surface area contributed by atoms with Crippen LogP contribution >= 0.6 is 15.6 Å². The molecular formula is H3CrO8P2. The van der Waals surface area contributed by atoms with E-state index in [2.05, 4.69) is 0 Å². The van der Waals surface area contributed by atoms with E-state index in [4.69, 9.17) is 38.5 Å². The maximum atomic E-state index is 8.88. The Morgan fingerprint density at radius 1 is 0.909 bits per heavy atom. The number of phosphoric acid groups is 2. The molecule has 0 unspecified atom stereocenters. The largest absolute Gasteiger partial charge is 3.00 e. The van der Waals surface area contributed by atoms with Crippen molar-refractivity contribution in [2.45, 2.75) is 0 Å². The molecule has 0 rings (SSSR count). The second-order valence-electron chi connectivity index (χ2n) is 0.960. The van der Waals surface area contributed by atoms with Crippen LogP contribution in [0.2, 0.25) is 0 Å². The second kappa shape index (κ2) is 6.29. The quantitative estimate of drug-likeness (QED) is 0.366. The van der Waals surface area contributed by atoms with Crippen LogP contribution in [-0.2, 0) is 26.5 Å². The zero-order chi connectivity index (χ0) is 9.00. The summed E-state index contributed by atoms with van der Waals surface area (Å²) in [5, 5.41) is 0. The predicted molar refractivity (Wildman–Crippen MR) is 21.9 cm³/mol. The van der Waals surface area contributed by atoms with Crippen LogP contribution in [0.15, 0.2) is 0 Å². The van der Waals surface area contributed by atoms with Gasteiger partial charge in [0.2, 0.25) is 0 Å². The van der Waals surface area contributed by atoms with E-state index in [9.17, 15) is 0 Å². The van der Waals surface area contributed by atoms with Crippen LogP contribution in [0, 0.1) is 0 Å². The molecule has 0 heterocycles. The molecular weight excluding hydrogens is 242 g/mol. The molecule has 0 aliphatic rings. The van der Waals surface area contributed by atoms with Crippen LogP contribution < -0.4 is 14.7 Å². The molecule has 0 aromatic rings. The van der Waals surface area contributed by atoms with E-state index in [0.717, 1.165) is 0 Å². The Morgan fingerprint density at radius 2 is 0.909 bits per heavy atom. The molecule has 0 spiro atoms. The van der Waals surface area contributed by atoms with Crippen molar-refractivity contribution >= 4 is 15.6 Å². The van der Waals surface area contributed by atoms with Gasteiger partial charge in [-0.25, -0.2) is 4.57 Å². The molecule has 11 heavy (non-hydrogen) atoms. The van der Waals surface area contributed by atoms with Gasteiger partial charge in [-0.15, -0.1) is 0 Å². The minimum atomic E-state index is -5.39. The van der Waals surface area contributed by atoms with Crippen molar-refractivity contribution in [1.82, 2.24) is 0 Å². The van der Waals surface area contributed by atoms with E-state index in [1.807, 2.05) is 0 Å². The number of hydrogen-bond donors (Lipinski definition) is 3. The molecule has 0 fully saturated rings. The minimum Gasteiger partial charge on any atom is -0.822 e. The summed E-state index contributed by atoms with van der Waals surface area (Å²) in [5.41, 5.74) is 0. The average molecular weight is 245 g/mol. The van der Waals surface area contributed by atoms with Gasteiger partial charge >= 0.3 is 25.2 Å². The number of hydrogen-bond acceptors (Lipinski definition) is 5. The van der Waals surface area contributed by atoms with E-state index in [1.165, 1.54) is 0 Å². The van der Waals surface area contributed by atoms with Crippen molar-refractivity contribution in [2.75, 3.05) is 0 Å². The van der Waals surface area contributed by atoms with Crippen LogP contribution in [0.1, 0.15) is 0 Å². The Hall–Kier alpha value is 0.752. The summed E-state index contributed by atoms with van der Waals surface area (Å²) in [7, 11) is -10.0. The van der Waals surface area contributed by atoms with Gasteiger partial charge < -0.3 is 33.9 Å². The van der Waals surface area contributed by atoms with Crippen LogP contribution in [-0.4, -0.2) is 14.7 Å². The van der Waals surface area contributed by atoms with Crippen LogP contribution in [0.25, 0.3) is 0 Å². The van der Waals surface area contributed by atoms with Crippen molar-refractivity contribution in [3.05, 3.63) is 0 Å². The van der Waals surface area contributed by atoms with Crippen LogP contribution in [0.4, 0.5) is 0 Å². The molecule has 3 N–H and O–H groups in total. The Morgan fingerprint density at radius 3 is 0.909 bits per heavy atom. The molecule has 0 bridgehead atoms. The predicted octanol–water partition coefficient (Wildman–Crippen LogP) is -3.76. The maximum absolute atomic E-state index is 8.88. The maximum Gasteiger partial charge on any atom is 3.00 e. The second-order valence-corrected chi connectivity index (χ2v) is 2.88. The summed E-state index contributed by atoms with van der Waals surface area (Å²) in [6, 6.07) is 0. The summed E-state index contributed by atoms with van der Waals surface area (Å²) in [4.78, 5) is 47.2. The molecule has 0 aliphatic carbocycles. The van der Waals surface area contributed by atoms with Crippen molar-refractivity contribution < 1.29 is 55.9 Å². The van der Waals surface area contributed by atoms with Gasteiger partial charge in [-0.05, 0) is 0 Å². The Balaban J connectivity index is -0.000000107. The molecule has 8 nitrogen and oxygen atoms in total. The topological polar surface area (TPSA) is 164 Å². The normalized spacial score (nSPS) is 10.7. The van der Waals surface area contributed by atoms with E-state index in [1.54, 1.807) is 0 Å². The van der Waals surface area contributed by atoms with Crippen LogP contribution in [0.3, 0.4) is 0 Å². The average Bonchev–Trinajstić information content (AvgIpc) is 1.12. The fourth-order valence-corrected chi connectivity index (χ4v) is 0. The summed E-state index contributed by atoms with van der Waals surface area (Å²) >= 11 is 0. The Labute approximate surface area is 72.1 Å². The number of rotatable bonds is 0. The van der Waals surface area contributed by atoms with Gasteiger partial charge in [-0.1, -0.05) is 0 Å². The minimum absolute atomic E-state index is 0. The van der Waals surface area contributed by atoms with Crippen molar-refractivity contribution in [1.29, 1.82) is 0 Å². The summed E-state index contributed by atoms with van der Waals surface area (Å²) < 4.78 is 17.4. The molecule has 0 saturated heterocycles. The third-order valence-corrected chi connectivity index (χ3v) is 0. The van der Waals surface area contributed by atoms with Crippen molar-refractivity contribution in [2.24, 2.45) is 0 Å². The van der Waals surface area contributed by atoms with E-state index in [0.29, 0.717) is 0 Å². The fourth-order valence-electron chi connectivity index (χ4n) is 0. The first-order chi connectivity index (χ1) is 4.00. The molecule has 0 atom stereocenters. The Kier molecular flexibility index (Phi) is 10.1. The van der Waals surface area contributed by atoms with Gasteiger partial charge in [0.05, 0.1) is 0 Å². The summed E-state index contributed by atoms with van der Waals surface area (Å²) in [6.45, 7) is 0. The van der Waals surface area contributed by atoms with E-state index in [-0.39, 0.29) is 17.4 Å². The third kappa shape index (κ3) is 1450. The molecule has 1 radical (unpaired) electrons. The van der Waals surface area contributed by atoms with Gasteiger partial charge in [0, 0.05) is 0 Å². The van der Waals surface area contributed by atoms with Gasteiger partial charge in [0.25, 0.3) is 0 Å². The molecule has 0 aliphatic heterocycles. The molecule has 0 aromatic carbocycles. The summed E-state index contributed by atoms with van der Waals surface area (Å²) in [5.74, 6) is 0. The monoisotopic (exact) mass is 245 g/mol. The SMILES string of the molecule is O=P(O)(O)O.O=P([O-])([O-])[O-].[Cr+3]. The molecule has 0 amide bonds. The zero-order valence-corrected chi connectivity index (χ0v) is 7.75.